The van der Waals surface area contributed by atoms with Gasteiger partial charge in [0, 0.05) is 26.1 Å². The molecule has 0 radical (unpaired) electrons. The van der Waals surface area contributed by atoms with Gasteiger partial charge in [-0.3, -0.25) is 9.59 Å². The van der Waals surface area contributed by atoms with Crippen LogP contribution in [0.3, 0.4) is 0 Å². The van der Waals surface area contributed by atoms with Gasteiger partial charge in [0.05, 0.1) is 19.7 Å². The minimum atomic E-state index is -0.951. The third kappa shape index (κ3) is 6.11. The molecule has 34 heavy (non-hydrogen) atoms. The first kappa shape index (κ1) is 25.0. The number of likely N-dealkylation sites (tertiary alicyclic amines) is 1. The van der Waals surface area contributed by atoms with Crippen molar-refractivity contribution in [2.24, 2.45) is 0 Å². The number of amides is 2. The third-order valence-corrected chi connectivity index (χ3v) is 7.56. The van der Waals surface area contributed by atoms with E-state index < -0.39 is 5.60 Å². The molecule has 7 heteroatoms. The lowest BCUT2D eigenvalue weighted by Gasteiger charge is -2.44. The molecule has 1 atom stereocenters. The standard InChI is InChI=1S/C27H41N3O4/c1-2-29-18-20-33-24-12-5-4-10-23(24)11-6-7-14-27(26(29)32)22-30(19-21-34-27)25(31)13-17-28-15-8-3-9-16-28/h4-5,10,12H,2-3,6-9,11,13-22H2,1H3. The topological polar surface area (TPSA) is 62.3 Å². The molecule has 3 aliphatic heterocycles. The van der Waals surface area contributed by atoms with E-state index >= 15 is 0 Å². The minimum absolute atomic E-state index is 0.000916. The Balaban J connectivity index is 1.44. The fourth-order valence-electron chi connectivity index (χ4n) is 5.51. The molecule has 1 aromatic carbocycles. The predicted octanol–water partition coefficient (Wildman–Crippen LogP) is 3.11. The number of piperidine rings is 1. The largest absolute Gasteiger partial charge is 0.491 e. The van der Waals surface area contributed by atoms with Gasteiger partial charge in [0.15, 0.2) is 5.60 Å². The maximum atomic E-state index is 13.8. The summed E-state index contributed by atoms with van der Waals surface area (Å²) in [6.45, 7) is 7.89. The number of fused-ring (bicyclic) bond motifs is 1. The van der Waals surface area contributed by atoms with Gasteiger partial charge in [-0.2, -0.15) is 0 Å². The van der Waals surface area contributed by atoms with Gasteiger partial charge in [0.25, 0.3) is 5.91 Å². The van der Waals surface area contributed by atoms with E-state index in [2.05, 4.69) is 17.0 Å². The zero-order chi connectivity index (χ0) is 23.8. The van der Waals surface area contributed by atoms with Crippen LogP contribution in [0, 0.1) is 0 Å². The van der Waals surface area contributed by atoms with Crippen LogP contribution in [0.25, 0.3) is 0 Å². The van der Waals surface area contributed by atoms with Crippen LogP contribution in [-0.2, 0) is 20.7 Å². The molecule has 7 nitrogen and oxygen atoms in total. The fraction of sp³-hybridized carbons (Fsp3) is 0.704. The Morgan fingerprint density at radius 1 is 1.00 bits per heavy atom. The number of rotatable bonds is 4. The number of benzene rings is 1. The number of hydrogen-bond acceptors (Lipinski definition) is 5. The molecule has 4 rings (SSSR count). The summed E-state index contributed by atoms with van der Waals surface area (Å²) in [5, 5.41) is 0. The second-order valence-corrected chi connectivity index (χ2v) is 9.86. The monoisotopic (exact) mass is 471 g/mol. The number of carbonyl (C=O) groups excluding carboxylic acids is 2. The van der Waals surface area contributed by atoms with E-state index in [0.29, 0.717) is 52.2 Å². The number of nitrogens with zero attached hydrogens (tertiary/aromatic N) is 3. The van der Waals surface area contributed by atoms with Gasteiger partial charge >= 0.3 is 0 Å². The van der Waals surface area contributed by atoms with E-state index in [1.807, 2.05) is 28.9 Å². The van der Waals surface area contributed by atoms with Crippen LogP contribution in [-0.4, -0.2) is 91.1 Å². The first-order valence-electron chi connectivity index (χ1n) is 13.3. The minimum Gasteiger partial charge on any atom is -0.491 e. The van der Waals surface area contributed by atoms with Crippen LogP contribution < -0.4 is 4.74 Å². The van der Waals surface area contributed by atoms with E-state index in [0.717, 1.165) is 44.6 Å². The summed E-state index contributed by atoms with van der Waals surface area (Å²) in [5.41, 5.74) is 0.263. The van der Waals surface area contributed by atoms with Crippen molar-refractivity contribution in [1.29, 1.82) is 0 Å². The average molecular weight is 472 g/mol. The molecule has 0 bridgehead atoms. The number of likely N-dealkylation sites (N-methyl/N-ethyl adjacent to an activating group) is 1. The van der Waals surface area contributed by atoms with Crippen molar-refractivity contribution in [2.45, 2.75) is 63.9 Å². The van der Waals surface area contributed by atoms with Crippen molar-refractivity contribution in [2.75, 3.05) is 59.0 Å². The Morgan fingerprint density at radius 3 is 2.65 bits per heavy atom. The number of hydrogen-bond donors (Lipinski definition) is 0. The quantitative estimate of drug-likeness (QED) is 0.675. The Morgan fingerprint density at radius 2 is 1.82 bits per heavy atom. The van der Waals surface area contributed by atoms with Crippen LogP contribution in [0.4, 0.5) is 0 Å². The summed E-state index contributed by atoms with van der Waals surface area (Å²) in [5.74, 6) is 1.06. The smallest absolute Gasteiger partial charge is 0.256 e. The van der Waals surface area contributed by atoms with Gasteiger partial charge in [-0.1, -0.05) is 24.6 Å². The molecule has 2 fully saturated rings. The fourth-order valence-corrected chi connectivity index (χ4v) is 5.51. The second kappa shape index (κ2) is 12.0. The van der Waals surface area contributed by atoms with Gasteiger partial charge in [-0.25, -0.2) is 0 Å². The summed E-state index contributed by atoms with van der Waals surface area (Å²) in [6, 6.07) is 8.18. The molecular formula is C27H41N3O4. The van der Waals surface area contributed by atoms with Crippen molar-refractivity contribution in [3.05, 3.63) is 29.8 Å². The van der Waals surface area contributed by atoms with Gasteiger partial charge in [-0.05, 0) is 70.2 Å². The second-order valence-electron chi connectivity index (χ2n) is 9.86. The lowest BCUT2D eigenvalue weighted by molar-refractivity contribution is -0.176. The van der Waals surface area contributed by atoms with Crippen LogP contribution in [0.2, 0.25) is 0 Å². The van der Waals surface area contributed by atoms with Crippen molar-refractivity contribution >= 4 is 11.8 Å². The molecule has 3 heterocycles. The van der Waals surface area contributed by atoms with E-state index in [4.69, 9.17) is 9.47 Å². The molecule has 1 aromatic rings. The molecule has 3 aliphatic rings. The predicted molar refractivity (Wildman–Crippen MR) is 132 cm³/mol. The van der Waals surface area contributed by atoms with E-state index in [-0.39, 0.29) is 11.8 Å². The summed E-state index contributed by atoms with van der Waals surface area (Å²) in [6.07, 6.45) is 7.64. The molecule has 0 N–H and O–H groups in total. The van der Waals surface area contributed by atoms with Crippen LogP contribution >= 0.6 is 0 Å². The van der Waals surface area contributed by atoms with Crippen LogP contribution in [0.15, 0.2) is 24.3 Å². The average Bonchev–Trinajstić information content (AvgIpc) is 2.88. The molecule has 0 saturated carbocycles. The van der Waals surface area contributed by atoms with E-state index in [1.165, 1.54) is 24.8 Å². The first-order valence-corrected chi connectivity index (χ1v) is 13.3. The van der Waals surface area contributed by atoms with Gasteiger partial charge in [0.2, 0.25) is 5.91 Å². The molecule has 1 unspecified atom stereocenters. The Bertz CT molecular complexity index is 826. The molecule has 0 aliphatic carbocycles. The van der Waals surface area contributed by atoms with Crippen molar-refractivity contribution in [3.63, 3.8) is 0 Å². The zero-order valence-electron chi connectivity index (χ0n) is 20.8. The van der Waals surface area contributed by atoms with Gasteiger partial charge in [-0.15, -0.1) is 0 Å². The highest BCUT2D eigenvalue weighted by Crippen LogP contribution is 2.30. The van der Waals surface area contributed by atoms with Gasteiger partial charge in [0.1, 0.15) is 12.4 Å². The molecule has 2 saturated heterocycles. The summed E-state index contributed by atoms with van der Waals surface area (Å²) in [4.78, 5) is 33.0. The highest BCUT2D eigenvalue weighted by Gasteiger charge is 2.46. The van der Waals surface area contributed by atoms with Crippen LogP contribution in [0.5, 0.6) is 5.75 Å². The maximum Gasteiger partial charge on any atom is 0.256 e. The van der Waals surface area contributed by atoms with E-state index in [9.17, 15) is 9.59 Å². The summed E-state index contributed by atoms with van der Waals surface area (Å²) in [7, 11) is 0. The lowest BCUT2D eigenvalue weighted by atomic mass is 9.90. The molecule has 188 valence electrons. The number of carbonyl (C=O) groups is 2. The number of para-hydroxylation sites is 1. The zero-order valence-corrected chi connectivity index (χ0v) is 20.8. The number of morpholine rings is 1. The third-order valence-electron chi connectivity index (χ3n) is 7.56. The van der Waals surface area contributed by atoms with Crippen LogP contribution in [0.1, 0.15) is 57.4 Å². The summed E-state index contributed by atoms with van der Waals surface area (Å²) >= 11 is 0. The lowest BCUT2D eigenvalue weighted by Crippen LogP contribution is -2.62. The molecular weight excluding hydrogens is 430 g/mol. The van der Waals surface area contributed by atoms with E-state index in [1.54, 1.807) is 0 Å². The molecule has 2 amide bonds. The Hall–Kier alpha value is -2.12. The van der Waals surface area contributed by atoms with Crippen molar-refractivity contribution in [1.82, 2.24) is 14.7 Å². The highest BCUT2D eigenvalue weighted by molar-refractivity contribution is 5.87. The Kier molecular flexibility index (Phi) is 8.84. The summed E-state index contributed by atoms with van der Waals surface area (Å²) < 4.78 is 12.3. The van der Waals surface area contributed by atoms with Gasteiger partial charge < -0.3 is 24.2 Å². The first-order chi connectivity index (χ1) is 16.6. The SMILES string of the molecule is CCN1CCOc2ccccc2CCCCC2(CN(C(=O)CCN3CCCCC3)CCO2)C1=O. The van der Waals surface area contributed by atoms with Crippen molar-refractivity contribution in [3.8, 4) is 5.75 Å². The number of aryl methyl sites for hydroxylation is 1. The number of ether oxygens (including phenoxy) is 2. The highest BCUT2D eigenvalue weighted by atomic mass is 16.5. The maximum absolute atomic E-state index is 13.8. The molecule has 1 spiro atoms. The molecule has 0 aromatic heterocycles. The normalized spacial score (nSPS) is 25.3. The Labute approximate surface area is 204 Å². The van der Waals surface area contributed by atoms with Crippen molar-refractivity contribution < 1.29 is 19.1 Å².